The number of ether oxygens (including phenoxy) is 1. The highest BCUT2D eigenvalue weighted by molar-refractivity contribution is 7.89. The summed E-state index contributed by atoms with van der Waals surface area (Å²) < 4.78 is 30.2. The lowest BCUT2D eigenvalue weighted by molar-refractivity contribution is -0.126. The van der Waals surface area contributed by atoms with Crippen molar-refractivity contribution in [2.45, 2.75) is 51.5 Å². The molecule has 1 rings (SSSR count). The Hall–Kier alpha value is -1.97. The van der Waals surface area contributed by atoms with Gasteiger partial charge in [-0.05, 0) is 43.9 Å². The third-order valence-corrected chi connectivity index (χ3v) is 5.42. The first kappa shape index (κ1) is 24.1. The molecule has 1 N–H and O–H groups in total. The maximum absolute atomic E-state index is 12.3. The van der Waals surface area contributed by atoms with Crippen LogP contribution in [0.4, 0.5) is 0 Å². The van der Waals surface area contributed by atoms with Crippen LogP contribution in [-0.2, 0) is 24.4 Å². The van der Waals surface area contributed by atoms with Crippen LogP contribution in [-0.4, -0.2) is 51.1 Å². The number of nitrogens with one attached hydrogen (secondary N) is 1. The molecule has 1 aromatic carbocycles. The SMILES string of the molecule is CON(C)S(=O)(=O)c1cccc(C(=O)OCC(=O)NC(C)(C)CC(C)(C)C)c1. The fourth-order valence-electron chi connectivity index (χ4n) is 3.03. The predicted molar refractivity (Wildman–Crippen MR) is 105 cm³/mol. The summed E-state index contributed by atoms with van der Waals surface area (Å²) in [6, 6.07) is 5.34. The number of esters is 1. The number of benzene rings is 1. The Balaban J connectivity index is 2.77. The van der Waals surface area contributed by atoms with E-state index in [1.165, 1.54) is 38.4 Å². The molecule has 0 aliphatic carbocycles. The highest BCUT2D eigenvalue weighted by Gasteiger charge is 2.27. The maximum Gasteiger partial charge on any atom is 0.338 e. The minimum Gasteiger partial charge on any atom is -0.452 e. The lowest BCUT2D eigenvalue weighted by Crippen LogP contribution is -2.47. The van der Waals surface area contributed by atoms with Crippen LogP contribution < -0.4 is 5.32 Å². The zero-order chi connectivity index (χ0) is 21.8. The van der Waals surface area contributed by atoms with Crippen LogP contribution in [0.3, 0.4) is 0 Å². The van der Waals surface area contributed by atoms with Crippen molar-refractivity contribution >= 4 is 21.9 Å². The number of amides is 1. The van der Waals surface area contributed by atoms with Crippen molar-refractivity contribution in [3.63, 3.8) is 0 Å². The average Bonchev–Trinajstić information content (AvgIpc) is 2.56. The van der Waals surface area contributed by atoms with Crippen LogP contribution in [0, 0.1) is 5.41 Å². The van der Waals surface area contributed by atoms with Crippen LogP contribution in [0.25, 0.3) is 0 Å². The van der Waals surface area contributed by atoms with Crippen molar-refractivity contribution in [3.05, 3.63) is 29.8 Å². The van der Waals surface area contributed by atoms with Gasteiger partial charge in [-0.1, -0.05) is 31.3 Å². The number of sulfonamides is 1. The van der Waals surface area contributed by atoms with Crippen LogP contribution in [0.5, 0.6) is 0 Å². The lowest BCUT2D eigenvalue weighted by atomic mass is 9.82. The summed E-state index contributed by atoms with van der Waals surface area (Å²) in [6.45, 7) is 9.56. The summed E-state index contributed by atoms with van der Waals surface area (Å²) in [7, 11) is -1.44. The van der Waals surface area contributed by atoms with Crippen molar-refractivity contribution < 1.29 is 27.6 Å². The van der Waals surface area contributed by atoms with E-state index >= 15 is 0 Å². The highest BCUT2D eigenvalue weighted by Crippen LogP contribution is 2.26. The summed E-state index contributed by atoms with van der Waals surface area (Å²) in [5.74, 6) is -1.22. The van der Waals surface area contributed by atoms with E-state index in [0.717, 1.165) is 6.42 Å². The standard InChI is InChI=1S/C19H30N2O6S/c1-18(2,3)13-19(4,5)20-16(22)12-27-17(23)14-9-8-10-15(11-14)28(24,25)21(6)26-7/h8-11H,12-13H2,1-7H3,(H,20,22). The number of carbonyl (C=O) groups is 2. The molecule has 158 valence electrons. The molecule has 0 atom stereocenters. The number of hydrogen-bond acceptors (Lipinski definition) is 6. The Bertz CT molecular complexity index is 812. The summed E-state index contributed by atoms with van der Waals surface area (Å²) in [5, 5.41) is 2.84. The number of hydroxylamine groups is 1. The first-order valence-electron chi connectivity index (χ1n) is 8.79. The van der Waals surface area contributed by atoms with E-state index in [2.05, 4.69) is 26.1 Å². The third kappa shape index (κ3) is 7.21. The van der Waals surface area contributed by atoms with Crippen molar-refractivity contribution in [3.8, 4) is 0 Å². The molecule has 0 aliphatic rings. The largest absolute Gasteiger partial charge is 0.452 e. The Morgan fingerprint density at radius 2 is 1.75 bits per heavy atom. The second-order valence-corrected chi connectivity index (χ2v) is 10.3. The van der Waals surface area contributed by atoms with Gasteiger partial charge in [0.2, 0.25) is 0 Å². The molecule has 0 fully saturated rings. The zero-order valence-corrected chi connectivity index (χ0v) is 18.3. The van der Waals surface area contributed by atoms with E-state index in [1.54, 1.807) is 0 Å². The normalized spacial score (nSPS) is 12.7. The molecular formula is C19H30N2O6S. The Morgan fingerprint density at radius 1 is 1.14 bits per heavy atom. The van der Waals surface area contributed by atoms with Gasteiger partial charge in [-0.15, -0.1) is 0 Å². The Morgan fingerprint density at radius 3 is 2.29 bits per heavy atom. The molecule has 8 nitrogen and oxygen atoms in total. The molecule has 0 aliphatic heterocycles. The van der Waals surface area contributed by atoms with Gasteiger partial charge in [0.1, 0.15) is 0 Å². The second kappa shape index (κ2) is 9.02. The Labute approximate surface area is 167 Å². The summed E-state index contributed by atoms with van der Waals surface area (Å²) in [5.41, 5.74) is -0.415. The molecule has 0 radical (unpaired) electrons. The van der Waals surface area contributed by atoms with Crippen LogP contribution in [0.1, 0.15) is 51.4 Å². The molecule has 0 saturated heterocycles. The molecule has 28 heavy (non-hydrogen) atoms. The average molecular weight is 415 g/mol. The van der Waals surface area contributed by atoms with E-state index in [9.17, 15) is 18.0 Å². The summed E-state index contributed by atoms with van der Waals surface area (Å²) in [4.78, 5) is 28.9. The summed E-state index contributed by atoms with van der Waals surface area (Å²) >= 11 is 0. The van der Waals surface area contributed by atoms with E-state index in [-0.39, 0.29) is 15.9 Å². The molecule has 1 amide bonds. The van der Waals surface area contributed by atoms with Crippen LogP contribution in [0.15, 0.2) is 29.2 Å². The molecule has 0 bridgehead atoms. The summed E-state index contributed by atoms with van der Waals surface area (Å²) in [6.07, 6.45) is 0.743. The van der Waals surface area contributed by atoms with Crippen LogP contribution in [0.2, 0.25) is 0 Å². The number of carbonyl (C=O) groups excluding carboxylic acids is 2. The molecular weight excluding hydrogens is 384 g/mol. The fraction of sp³-hybridized carbons (Fsp3) is 0.579. The highest BCUT2D eigenvalue weighted by atomic mass is 32.2. The van der Waals surface area contributed by atoms with Gasteiger partial charge in [0, 0.05) is 12.6 Å². The van der Waals surface area contributed by atoms with E-state index in [1.807, 2.05) is 13.8 Å². The smallest absolute Gasteiger partial charge is 0.338 e. The molecule has 0 saturated carbocycles. The lowest BCUT2D eigenvalue weighted by Gasteiger charge is -2.33. The van der Waals surface area contributed by atoms with Gasteiger partial charge in [-0.2, -0.15) is 0 Å². The minimum absolute atomic E-state index is 0.0207. The van der Waals surface area contributed by atoms with Gasteiger partial charge < -0.3 is 10.1 Å². The number of nitrogens with zero attached hydrogens (tertiary/aromatic N) is 1. The van der Waals surface area contributed by atoms with Crippen molar-refractivity contribution in [1.29, 1.82) is 0 Å². The topological polar surface area (TPSA) is 102 Å². The van der Waals surface area contributed by atoms with Gasteiger partial charge in [-0.3, -0.25) is 9.63 Å². The first-order chi connectivity index (χ1) is 12.7. The van der Waals surface area contributed by atoms with Gasteiger partial charge in [0.05, 0.1) is 17.6 Å². The maximum atomic E-state index is 12.3. The fourth-order valence-corrected chi connectivity index (χ4v) is 4.05. The predicted octanol–water partition coefficient (Wildman–Crippen LogP) is 2.36. The van der Waals surface area contributed by atoms with Crippen molar-refractivity contribution in [2.75, 3.05) is 20.8 Å². The third-order valence-electron chi connectivity index (χ3n) is 3.75. The van der Waals surface area contributed by atoms with Crippen molar-refractivity contribution in [1.82, 2.24) is 9.79 Å². The number of hydrogen-bond donors (Lipinski definition) is 1. The molecule has 0 spiro atoms. The van der Waals surface area contributed by atoms with Crippen molar-refractivity contribution in [2.24, 2.45) is 5.41 Å². The van der Waals surface area contributed by atoms with Gasteiger partial charge in [-0.25, -0.2) is 13.2 Å². The monoisotopic (exact) mass is 414 g/mol. The Kier molecular flexibility index (Phi) is 7.75. The van der Waals surface area contributed by atoms with Gasteiger partial charge >= 0.3 is 5.97 Å². The molecule has 0 aromatic heterocycles. The van der Waals surface area contributed by atoms with E-state index in [0.29, 0.717) is 4.47 Å². The minimum atomic E-state index is -3.89. The van der Waals surface area contributed by atoms with Gasteiger partial charge in [0.25, 0.3) is 15.9 Å². The second-order valence-electron chi connectivity index (χ2n) is 8.37. The molecule has 0 heterocycles. The molecule has 1 aromatic rings. The molecule has 9 heteroatoms. The zero-order valence-electron chi connectivity index (χ0n) is 17.5. The number of rotatable bonds is 8. The van der Waals surface area contributed by atoms with Crippen LogP contribution >= 0.6 is 0 Å². The first-order valence-corrected chi connectivity index (χ1v) is 10.2. The van der Waals surface area contributed by atoms with E-state index in [4.69, 9.17) is 9.57 Å². The van der Waals surface area contributed by atoms with E-state index < -0.39 is 34.0 Å². The quantitative estimate of drug-likeness (QED) is 0.517. The molecule has 0 unspecified atom stereocenters. The van der Waals surface area contributed by atoms with Gasteiger partial charge in [0.15, 0.2) is 6.61 Å².